The zero-order chi connectivity index (χ0) is 18.4. The maximum Gasteiger partial charge on any atom is 0.283 e. The predicted molar refractivity (Wildman–Crippen MR) is 99.5 cm³/mol. The smallest absolute Gasteiger partial charge is 0.283 e. The third-order valence-corrected chi connectivity index (χ3v) is 4.96. The molecule has 0 aliphatic carbocycles. The number of aromatic nitrogens is 6. The minimum absolute atomic E-state index is 0.0512. The van der Waals surface area contributed by atoms with Crippen LogP contribution in [-0.4, -0.2) is 42.1 Å². The summed E-state index contributed by atoms with van der Waals surface area (Å²) in [6.45, 7) is 3.14. The van der Waals surface area contributed by atoms with E-state index in [1.165, 1.54) is 0 Å². The molecule has 27 heavy (non-hydrogen) atoms. The third-order valence-electron chi connectivity index (χ3n) is 4.96. The Hall–Kier alpha value is -3.13. The van der Waals surface area contributed by atoms with Gasteiger partial charge in [0.2, 0.25) is 0 Å². The van der Waals surface area contributed by atoms with Gasteiger partial charge in [-0.1, -0.05) is 30.3 Å². The van der Waals surface area contributed by atoms with Gasteiger partial charge in [0.15, 0.2) is 16.8 Å². The highest BCUT2D eigenvalue weighted by atomic mass is 16.5. The zero-order valence-corrected chi connectivity index (χ0v) is 14.9. The molecule has 0 amide bonds. The summed E-state index contributed by atoms with van der Waals surface area (Å²) in [5.41, 5.74) is 3.72. The van der Waals surface area contributed by atoms with Gasteiger partial charge in [-0.05, 0) is 25.3 Å². The Morgan fingerprint density at radius 1 is 1.19 bits per heavy atom. The molecule has 8 heteroatoms. The molecule has 8 nitrogen and oxygen atoms in total. The Labute approximate surface area is 154 Å². The van der Waals surface area contributed by atoms with E-state index in [4.69, 9.17) is 4.74 Å². The molecule has 136 valence electrons. The van der Waals surface area contributed by atoms with E-state index in [1.54, 1.807) is 15.4 Å². The van der Waals surface area contributed by atoms with E-state index in [2.05, 4.69) is 20.3 Å². The first kappa shape index (κ1) is 16.1. The fourth-order valence-corrected chi connectivity index (χ4v) is 3.65. The largest absolute Gasteiger partial charge is 0.376 e. The van der Waals surface area contributed by atoms with Gasteiger partial charge in [0, 0.05) is 6.61 Å². The predicted octanol–water partition coefficient (Wildman–Crippen LogP) is 1.99. The summed E-state index contributed by atoms with van der Waals surface area (Å²) in [7, 11) is 0. The highest BCUT2D eigenvalue weighted by Crippen LogP contribution is 2.27. The summed E-state index contributed by atoms with van der Waals surface area (Å²) < 4.78 is 8.78. The molecular weight excluding hydrogens is 344 g/mol. The molecule has 0 N–H and O–H groups in total. The van der Waals surface area contributed by atoms with Gasteiger partial charge in [0.1, 0.15) is 6.33 Å². The first-order chi connectivity index (χ1) is 13.2. The van der Waals surface area contributed by atoms with E-state index in [-0.39, 0.29) is 17.2 Å². The lowest BCUT2D eigenvalue weighted by atomic mass is 10.1. The van der Waals surface area contributed by atoms with E-state index >= 15 is 0 Å². The van der Waals surface area contributed by atoms with Crippen LogP contribution in [0.2, 0.25) is 0 Å². The van der Waals surface area contributed by atoms with Crippen molar-refractivity contribution in [2.24, 2.45) is 0 Å². The van der Waals surface area contributed by atoms with E-state index < -0.39 is 0 Å². The average molecular weight is 362 g/mol. The van der Waals surface area contributed by atoms with Crippen LogP contribution in [0.4, 0.5) is 0 Å². The summed E-state index contributed by atoms with van der Waals surface area (Å²) >= 11 is 0. The molecule has 4 aromatic rings. The zero-order valence-electron chi connectivity index (χ0n) is 14.9. The number of benzene rings is 1. The SMILES string of the molecule is Cc1nn2c(nnc3c(=O)n(CC4CCCO4)cnc32)c1-c1ccccc1. The lowest BCUT2D eigenvalue weighted by molar-refractivity contribution is 0.0960. The van der Waals surface area contributed by atoms with Crippen molar-refractivity contribution in [1.82, 2.24) is 29.4 Å². The molecule has 0 radical (unpaired) electrons. The molecule has 5 rings (SSSR count). The summed E-state index contributed by atoms with van der Waals surface area (Å²) in [5, 5.41) is 13.1. The second kappa shape index (κ2) is 6.24. The molecule has 1 aliphatic rings. The van der Waals surface area contributed by atoms with Crippen LogP contribution in [0, 0.1) is 6.92 Å². The van der Waals surface area contributed by atoms with Gasteiger partial charge in [0.05, 0.1) is 23.9 Å². The molecule has 1 aliphatic heterocycles. The maximum absolute atomic E-state index is 12.8. The van der Waals surface area contributed by atoms with Crippen molar-refractivity contribution in [3.8, 4) is 11.1 Å². The van der Waals surface area contributed by atoms with E-state index in [9.17, 15) is 4.79 Å². The fraction of sp³-hybridized carbons (Fsp3) is 0.316. The minimum Gasteiger partial charge on any atom is -0.376 e. The third kappa shape index (κ3) is 2.60. The molecule has 1 unspecified atom stereocenters. The lowest BCUT2D eigenvalue weighted by Gasteiger charge is -2.11. The standard InChI is InChI=1S/C19H18N6O2/c1-12-15(13-6-3-2-4-7-13)17-22-21-16-18(25(17)23-12)20-11-24(19(16)26)10-14-8-5-9-27-14/h2-4,6-7,11,14H,5,8-10H2,1H3. The van der Waals surface area contributed by atoms with Crippen LogP contribution in [0.1, 0.15) is 18.5 Å². The van der Waals surface area contributed by atoms with E-state index in [0.717, 1.165) is 36.3 Å². The van der Waals surface area contributed by atoms with Crippen LogP contribution in [0.3, 0.4) is 0 Å². The quantitative estimate of drug-likeness (QED) is 0.554. The van der Waals surface area contributed by atoms with Gasteiger partial charge >= 0.3 is 0 Å². The molecular formula is C19H18N6O2. The average Bonchev–Trinajstić information content (AvgIpc) is 3.31. The summed E-state index contributed by atoms with van der Waals surface area (Å²) in [4.78, 5) is 17.3. The Bertz CT molecular complexity index is 1190. The minimum atomic E-state index is -0.223. The first-order valence-corrected chi connectivity index (χ1v) is 9.00. The van der Waals surface area contributed by atoms with Crippen molar-refractivity contribution in [2.75, 3.05) is 6.61 Å². The van der Waals surface area contributed by atoms with Gasteiger partial charge in [-0.2, -0.15) is 9.61 Å². The Morgan fingerprint density at radius 3 is 2.81 bits per heavy atom. The van der Waals surface area contributed by atoms with Crippen LogP contribution < -0.4 is 5.56 Å². The fourth-order valence-electron chi connectivity index (χ4n) is 3.65. The summed E-state index contributed by atoms with van der Waals surface area (Å²) in [6, 6.07) is 9.90. The molecule has 0 bridgehead atoms. The number of aryl methyl sites for hydroxylation is 1. The molecule has 4 heterocycles. The van der Waals surface area contributed by atoms with Crippen molar-refractivity contribution in [3.05, 3.63) is 52.7 Å². The Morgan fingerprint density at radius 2 is 2.04 bits per heavy atom. The molecule has 1 fully saturated rings. The number of hydrogen-bond donors (Lipinski definition) is 0. The van der Waals surface area contributed by atoms with Crippen LogP contribution >= 0.6 is 0 Å². The van der Waals surface area contributed by atoms with Gasteiger partial charge in [-0.15, -0.1) is 10.2 Å². The van der Waals surface area contributed by atoms with Crippen molar-refractivity contribution < 1.29 is 4.74 Å². The maximum atomic E-state index is 12.8. The second-order valence-electron chi connectivity index (χ2n) is 6.77. The molecule has 1 atom stereocenters. The highest BCUT2D eigenvalue weighted by Gasteiger charge is 2.20. The van der Waals surface area contributed by atoms with Crippen LogP contribution in [0.5, 0.6) is 0 Å². The number of fused-ring (bicyclic) bond motifs is 3. The van der Waals surface area contributed by atoms with Crippen LogP contribution in [-0.2, 0) is 11.3 Å². The van der Waals surface area contributed by atoms with Crippen molar-refractivity contribution in [2.45, 2.75) is 32.4 Å². The van der Waals surface area contributed by atoms with Crippen LogP contribution in [0.25, 0.3) is 27.9 Å². The van der Waals surface area contributed by atoms with Gasteiger partial charge in [0.25, 0.3) is 5.56 Å². The molecule has 1 aromatic carbocycles. The lowest BCUT2D eigenvalue weighted by Crippen LogP contribution is -2.28. The van der Waals surface area contributed by atoms with Gasteiger partial charge in [-0.3, -0.25) is 9.36 Å². The van der Waals surface area contributed by atoms with Crippen molar-refractivity contribution in [1.29, 1.82) is 0 Å². The topological polar surface area (TPSA) is 87.2 Å². The summed E-state index contributed by atoms with van der Waals surface area (Å²) in [6.07, 6.45) is 3.58. The normalized spacial score (nSPS) is 17.1. The first-order valence-electron chi connectivity index (χ1n) is 9.00. The Kier molecular flexibility index (Phi) is 3.71. The number of ether oxygens (including phenoxy) is 1. The molecule has 1 saturated heterocycles. The summed E-state index contributed by atoms with van der Waals surface area (Å²) in [5.74, 6) is 0. The van der Waals surface area contributed by atoms with E-state index in [0.29, 0.717) is 17.8 Å². The van der Waals surface area contributed by atoms with Crippen molar-refractivity contribution in [3.63, 3.8) is 0 Å². The molecule has 0 spiro atoms. The monoisotopic (exact) mass is 362 g/mol. The number of rotatable bonds is 3. The number of nitrogens with zero attached hydrogens (tertiary/aromatic N) is 6. The second-order valence-corrected chi connectivity index (χ2v) is 6.77. The van der Waals surface area contributed by atoms with Crippen molar-refractivity contribution >= 4 is 16.8 Å². The number of hydrogen-bond acceptors (Lipinski definition) is 6. The molecule has 0 saturated carbocycles. The molecule has 3 aromatic heterocycles. The van der Waals surface area contributed by atoms with Gasteiger partial charge in [-0.25, -0.2) is 4.98 Å². The van der Waals surface area contributed by atoms with E-state index in [1.807, 2.05) is 37.3 Å². The van der Waals surface area contributed by atoms with Crippen LogP contribution in [0.15, 0.2) is 41.5 Å². The highest BCUT2D eigenvalue weighted by molar-refractivity contribution is 5.83. The van der Waals surface area contributed by atoms with Gasteiger partial charge < -0.3 is 4.74 Å². The Balaban J connectivity index is 1.67.